The van der Waals surface area contributed by atoms with E-state index in [0.29, 0.717) is 6.61 Å². The Morgan fingerprint density at radius 1 is 1.11 bits per heavy atom. The smallest absolute Gasteiger partial charge is 0.330 e. The van der Waals surface area contributed by atoms with Crippen molar-refractivity contribution >= 4 is 11.5 Å². The molecule has 0 radical (unpaired) electrons. The van der Waals surface area contributed by atoms with Gasteiger partial charge in [-0.15, -0.1) is 0 Å². The molecule has 1 aromatic rings. The Morgan fingerprint density at radius 3 is 2.29 bits per heavy atom. The van der Waals surface area contributed by atoms with E-state index < -0.39 is 0 Å². The molecule has 0 amide bonds. The first-order chi connectivity index (χ1) is 13.0. The van der Waals surface area contributed by atoms with Gasteiger partial charge in [0, 0.05) is 11.6 Å². The first-order valence-corrected chi connectivity index (χ1v) is 9.95. The van der Waals surface area contributed by atoms with E-state index in [4.69, 9.17) is 9.47 Å². The van der Waals surface area contributed by atoms with Crippen LogP contribution in [0.3, 0.4) is 0 Å². The lowest BCUT2D eigenvalue weighted by Crippen LogP contribution is -2.17. The number of hydrogen-bond acceptors (Lipinski definition) is 3. The van der Waals surface area contributed by atoms with Gasteiger partial charge in [-0.1, -0.05) is 45.9 Å². The monoisotopic (exact) mass is 382 g/mol. The lowest BCUT2D eigenvalue weighted by molar-refractivity contribution is -0.137. The molecular weight excluding hydrogens is 348 g/mol. The Hall–Kier alpha value is -2.29. The van der Waals surface area contributed by atoms with E-state index in [1.165, 1.54) is 17.2 Å². The topological polar surface area (TPSA) is 35.5 Å². The normalized spacial score (nSPS) is 18.3. The van der Waals surface area contributed by atoms with E-state index in [9.17, 15) is 4.79 Å². The molecule has 28 heavy (non-hydrogen) atoms. The summed E-state index contributed by atoms with van der Waals surface area (Å²) < 4.78 is 10.7. The highest BCUT2D eigenvalue weighted by Crippen LogP contribution is 2.51. The number of rotatable bonds is 6. The molecule has 2 rings (SSSR count). The van der Waals surface area contributed by atoms with E-state index >= 15 is 0 Å². The highest BCUT2D eigenvalue weighted by Gasteiger charge is 2.42. The number of hydrogen-bond donors (Lipinski definition) is 0. The average molecular weight is 383 g/mol. The molecule has 0 unspecified atom stereocenters. The highest BCUT2D eigenvalue weighted by atomic mass is 16.5. The van der Waals surface area contributed by atoms with Gasteiger partial charge in [0.2, 0.25) is 0 Å². The van der Waals surface area contributed by atoms with Crippen LogP contribution in [0.25, 0.3) is 5.57 Å². The third kappa shape index (κ3) is 4.76. The Morgan fingerprint density at radius 2 is 1.71 bits per heavy atom. The Balaban J connectivity index is 2.36. The summed E-state index contributed by atoms with van der Waals surface area (Å²) in [6, 6.07) is 4.51. The molecule has 0 aromatic heterocycles. The zero-order valence-corrected chi connectivity index (χ0v) is 18.6. The molecule has 3 nitrogen and oxygen atoms in total. The summed E-state index contributed by atoms with van der Waals surface area (Å²) in [6.45, 7) is 15.4. The van der Waals surface area contributed by atoms with Crippen molar-refractivity contribution in [2.75, 3.05) is 13.7 Å². The zero-order valence-electron chi connectivity index (χ0n) is 18.6. The maximum atomic E-state index is 11.5. The standard InChI is InChI=1S/C25H34O3/c1-9-28-23(26)13-17(2)11-10-12-18(3)19-14-20-21(15-22(19)27-8)25(6,7)16-24(20,4)5/h10-15H,9,16H2,1-8H3. The fourth-order valence-electron chi connectivity index (χ4n) is 4.32. The molecule has 0 aliphatic heterocycles. The number of carbonyl (C=O) groups is 1. The number of esters is 1. The summed E-state index contributed by atoms with van der Waals surface area (Å²) in [7, 11) is 1.73. The van der Waals surface area contributed by atoms with Crippen LogP contribution in [0.4, 0.5) is 0 Å². The van der Waals surface area contributed by atoms with Gasteiger partial charge < -0.3 is 9.47 Å². The highest BCUT2D eigenvalue weighted by molar-refractivity contribution is 5.83. The lowest BCUT2D eigenvalue weighted by atomic mass is 9.82. The number of fused-ring (bicyclic) bond motifs is 1. The van der Waals surface area contributed by atoms with Crippen LogP contribution in [0.5, 0.6) is 5.75 Å². The second-order valence-electron chi connectivity index (χ2n) is 8.89. The summed E-state index contributed by atoms with van der Waals surface area (Å²) >= 11 is 0. The van der Waals surface area contributed by atoms with Crippen LogP contribution in [-0.2, 0) is 20.4 Å². The van der Waals surface area contributed by atoms with Gasteiger partial charge in [-0.05, 0) is 72.4 Å². The van der Waals surface area contributed by atoms with Crippen LogP contribution in [0.1, 0.15) is 71.6 Å². The molecule has 0 fully saturated rings. The summed E-state index contributed by atoms with van der Waals surface area (Å²) in [6.07, 6.45) is 8.56. The van der Waals surface area contributed by atoms with Gasteiger partial charge in [0.05, 0.1) is 13.7 Å². The molecule has 0 bridgehead atoms. The zero-order chi connectivity index (χ0) is 21.1. The van der Waals surface area contributed by atoms with E-state index in [1.807, 2.05) is 19.1 Å². The molecule has 1 aromatic carbocycles. The molecule has 0 N–H and O–H groups in total. The van der Waals surface area contributed by atoms with Gasteiger partial charge in [0.15, 0.2) is 0 Å². The van der Waals surface area contributed by atoms with Crippen LogP contribution in [0.15, 0.2) is 42.0 Å². The largest absolute Gasteiger partial charge is 0.496 e. The Labute approximate surface area is 170 Å². The van der Waals surface area contributed by atoms with E-state index in [2.05, 4.69) is 52.8 Å². The first kappa shape index (κ1) is 22.0. The van der Waals surface area contributed by atoms with Crippen LogP contribution in [0, 0.1) is 0 Å². The van der Waals surface area contributed by atoms with E-state index in [1.54, 1.807) is 14.0 Å². The second-order valence-corrected chi connectivity index (χ2v) is 8.89. The number of ether oxygens (including phenoxy) is 2. The summed E-state index contributed by atoms with van der Waals surface area (Å²) in [5.41, 5.74) is 6.18. The van der Waals surface area contributed by atoms with Gasteiger partial charge >= 0.3 is 5.97 Å². The Bertz CT molecular complexity index is 836. The molecule has 0 saturated heterocycles. The second kappa shape index (κ2) is 8.38. The maximum Gasteiger partial charge on any atom is 0.330 e. The molecule has 0 atom stereocenters. The summed E-state index contributed by atoms with van der Waals surface area (Å²) in [5.74, 6) is 0.598. The van der Waals surface area contributed by atoms with Crippen molar-refractivity contribution in [2.45, 2.75) is 65.7 Å². The number of allylic oxidation sites excluding steroid dienone is 5. The fourth-order valence-corrected chi connectivity index (χ4v) is 4.32. The van der Waals surface area contributed by atoms with E-state index in [-0.39, 0.29) is 16.8 Å². The quantitative estimate of drug-likeness (QED) is 0.338. The van der Waals surface area contributed by atoms with Crippen molar-refractivity contribution in [1.82, 2.24) is 0 Å². The molecule has 0 saturated carbocycles. The molecule has 152 valence electrons. The van der Waals surface area contributed by atoms with Crippen molar-refractivity contribution in [2.24, 2.45) is 0 Å². The SMILES string of the molecule is CCOC(=O)C=C(C)C=CC=C(C)c1cc2c(cc1OC)C(C)(C)CC2(C)C. The first-order valence-electron chi connectivity index (χ1n) is 9.95. The van der Waals surface area contributed by atoms with E-state index in [0.717, 1.165) is 28.9 Å². The Kier molecular flexibility index (Phi) is 6.59. The van der Waals surface area contributed by atoms with Gasteiger partial charge in [0.25, 0.3) is 0 Å². The minimum Gasteiger partial charge on any atom is -0.496 e. The van der Waals surface area contributed by atoms with Crippen LogP contribution in [-0.4, -0.2) is 19.7 Å². The molecule has 0 spiro atoms. The molecule has 1 aliphatic rings. The lowest BCUT2D eigenvalue weighted by Gasteiger charge is -2.22. The summed E-state index contributed by atoms with van der Waals surface area (Å²) in [4.78, 5) is 11.5. The predicted octanol–water partition coefficient (Wildman–Crippen LogP) is 6.12. The third-order valence-corrected chi connectivity index (χ3v) is 5.44. The predicted molar refractivity (Wildman–Crippen MR) is 117 cm³/mol. The minimum absolute atomic E-state index is 0.148. The van der Waals surface area contributed by atoms with Gasteiger partial charge in [0.1, 0.15) is 5.75 Å². The molecular formula is C25H34O3. The molecule has 1 aliphatic carbocycles. The van der Waals surface area contributed by atoms with Crippen LogP contribution in [0.2, 0.25) is 0 Å². The average Bonchev–Trinajstić information content (AvgIpc) is 2.77. The van der Waals surface area contributed by atoms with Crippen LogP contribution < -0.4 is 4.74 Å². The maximum absolute atomic E-state index is 11.5. The molecule has 0 heterocycles. The van der Waals surface area contributed by atoms with Crippen LogP contribution >= 0.6 is 0 Å². The molecule has 3 heteroatoms. The van der Waals surface area contributed by atoms with Gasteiger partial charge in [-0.3, -0.25) is 0 Å². The summed E-state index contributed by atoms with van der Waals surface area (Å²) in [5, 5.41) is 0. The van der Waals surface area contributed by atoms with Crippen molar-refractivity contribution in [3.05, 3.63) is 58.7 Å². The van der Waals surface area contributed by atoms with Crippen molar-refractivity contribution in [1.29, 1.82) is 0 Å². The van der Waals surface area contributed by atoms with Gasteiger partial charge in [-0.25, -0.2) is 4.79 Å². The number of benzene rings is 1. The fraction of sp³-hybridized carbons (Fsp3) is 0.480. The van der Waals surface area contributed by atoms with Gasteiger partial charge in [-0.2, -0.15) is 0 Å². The van der Waals surface area contributed by atoms with Crippen molar-refractivity contribution < 1.29 is 14.3 Å². The minimum atomic E-state index is -0.310. The third-order valence-electron chi connectivity index (χ3n) is 5.44. The van der Waals surface area contributed by atoms with Crippen molar-refractivity contribution in [3.8, 4) is 5.75 Å². The number of carbonyl (C=O) groups excluding carboxylic acids is 1. The number of methoxy groups -OCH3 is 1. The van der Waals surface area contributed by atoms with Crippen molar-refractivity contribution in [3.63, 3.8) is 0 Å².